The molecule has 26 heavy (non-hydrogen) atoms. The minimum atomic E-state index is -0.693. The maximum Gasteiger partial charge on any atom is 0.410 e. The van der Waals surface area contributed by atoms with Crippen molar-refractivity contribution in [2.24, 2.45) is 0 Å². The molecule has 0 unspecified atom stereocenters. The van der Waals surface area contributed by atoms with Crippen molar-refractivity contribution in [3.63, 3.8) is 0 Å². The highest BCUT2D eigenvalue weighted by Gasteiger charge is 2.52. The maximum absolute atomic E-state index is 12.7. The number of nitrogens with zero attached hydrogens (tertiary/aromatic N) is 3. The Morgan fingerprint density at radius 3 is 2.54 bits per heavy atom. The Kier molecular flexibility index (Phi) is 4.28. The highest BCUT2D eigenvalue weighted by atomic mass is 16.6. The minimum Gasteiger partial charge on any atom is -0.445 e. The molecule has 0 spiro atoms. The molecule has 0 radical (unpaired) electrons. The number of piperazine rings is 2. The van der Waals surface area contributed by atoms with Crippen LogP contribution >= 0.6 is 0 Å². The number of benzene rings is 1. The molecule has 3 amide bonds. The van der Waals surface area contributed by atoms with Crippen molar-refractivity contribution in [3.05, 3.63) is 35.9 Å². The van der Waals surface area contributed by atoms with Crippen molar-refractivity contribution in [1.29, 1.82) is 0 Å². The first-order valence-electron chi connectivity index (χ1n) is 8.79. The zero-order valence-electron chi connectivity index (χ0n) is 14.3. The lowest BCUT2D eigenvalue weighted by atomic mass is 10.0. The number of aliphatic hydroxyl groups is 1. The Bertz CT molecular complexity index is 725. The summed E-state index contributed by atoms with van der Waals surface area (Å²) in [6.45, 7) is 1.10. The molecule has 3 aliphatic heterocycles. The topological polar surface area (TPSA) is 90.4 Å². The predicted molar refractivity (Wildman–Crippen MR) is 89.8 cm³/mol. The Morgan fingerprint density at radius 1 is 1.04 bits per heavy atom. The molecule has 3 aliphatic rings. The molecule has 3 fully saturated rings. The highest BCUT2D eigenvalue weighted by Crippen LogP contribution is 2.29. The molecule has 0 aliphatic carbocycles. The number of amides is 3. The van der Waals surface area contributed by atoms with E-state index in [9.17, 15) is 19.5 Å². The molecule has 0 bridgehead atoms. The van der Waals surface area contributed by atoms with Crippen molar-refractivity contribution in [1.82, 2.24) is 14.7 Å². The van der Waals surface area contributed by atoms with E-state index in [4.69, 9.17) is 4.74 Å². The van der Waals surface area contributed by atoms with Crippen LogP contribution in [0.1, 0.15) is 12.0 Å². The van der Waals surface area contributed by atoms with Crippen LogP contribution in [0.5, 0.6) is 0 Å². The molecule has 3 atom stereocenters. The number of carbonyl (C=O) groups is 3. The fourth-order valence-electron chi connectivity index (χ4n) is 3.91. The molecule has 1 aromatic rings. The molecular weight excluding hydrogens is 338 g/mol. The van der Waals surface area contributed by atoms with Crippen molar-refractivity contribution >= 4 is 17.9 Å². The van der Waals surface area contributed by atoms with Gasteiger partial charge in [0.2, 0.25) is 11.8 Å². The van der Waals surface area contributed by atoms with Gasteiger partial charge in [0, 0.05) is 26.1 Å². The van der Waals surface area contributed by atoms with Gasteiger partial charge >= 0.3 is 6.09 Å². The lowest BCUT2D eigenvalue weighted by Gasteiger charge is -2.46. The molecule has 8 heteroatoms. The minimum absolute atomic E-state index is 0.123. The lowest BCUT2D eigenvalue weighted by molar-refractivity contribution is -0.162. The van der Waals surface area contributed by atoms with Crippen molar-refractivity contribution in [2.45, 2.75) is 31.2 Å². The second-order valence-corrected chi connectivity index (χ2v) is 6.93. The van der Waals surface area contributed by atoms with Gasteiger partial charge in [-0.15, -0.1) is 0 Å². The smallest absolute Gasteiger partial charge is 0.410 e. The molecule has 4 rings (SSSR count). The van der Waals surface area contributed by atoms with Gasteiger partial charge in [-0.3, -0.25) is 9.59 Å². The number of fused-ring (bicyclic) bond motifs is 2. The van der Waals surface area contributed by atoms with E-state index in [2.05, 4.69) is 0 Å². The van der Waals surface area contributed by atoms with Gasteiger partial charge in [0.15, 0.2) is 0 Å². The number of hydrogen-bond donors (Lipinski definition) is 1. The van der Waals surface area contributed by atoms with Crippen LogP contribution in [0.4, 0.5) is 4.79 Å². The largest absolute Gasteiger partial charge is 0.445 e. The third kappa shape index (κ3) is 2.90. The Balaban J connectivity index is 1.41. The predicted octanol–water partition coefficient (Wildman–Crippen LogP) is -0.189. The van der Waals surface area contributed by atoms with Gasteiger partial charge in [0.1, 0.15) is 18.7 Å². The number of hydrogen-bond acceptors (Lipinski definition) is 5. The van der Waals surface area contributed by atoms with E-state index in [1.165, 1.54) is 9.80 Å². The summed E-state index contributed by atoms with van der Waals surface area (Å²) >= 11 is 0. The van der Waals surface area contributed by atoms with E-state index >= 15 is 0 Å². The van der Waals surface area contributed by atoms with Crippen LogP contribution in [0, 0.1) is 0 Å². The van der Waals surface area contributed by atoms with E-state index in [-0.39, 0.29) is 37.9 Å². The summed E-state index contributed by atoms with van der Waals surface area (Å²) in [7, 11) is 0. The molecule has 8 nitrogen and oxygen atoms in total. The van der Waals surface area contributed by atoms with E-state index in [1.807, 2.05) is 30.3 Å². The summed E-state index contributed by atoms with van der Waals surface area (Å²) in [6, 6.07) is 8.11. The molecule has 0 aromatic heterocycles. The maximum atomic E-state index is 12.7. The number of aliphatic hydroxyl groups excluding tert-OH is 1. The molecule has 1 aromatic carbocycles. The van der Waals surface area contributed by atoms with Gasteiger partial charge in [0.25, 0.3) is 0 Å². The summed E-state index contributed by atoms with van der Waals surface area (Å²) < 4.78 is 5.33. The highest BCUT2D eigenvalue weighted by molar-refractivity contribution is 5.98. The molecule has 3 saturated heterocycles. The van der Waals surface area contributed by atoms with E-state index < -0.39 is 24.3 Å². The second-order valence-electron chi connectivity index (χ2n) is 6.93. The third-order valence-corrected chi connectivity index (χ3v) is 5.26. The third-order valence-electron chi connectivity index (χ3n) is 5.26. The first kappa shape index (κ1) is 16.8. The lowest BCUT2D eigenvalue weighted by Crippen LogP contribution is -2.69. The average Bonchev–Trinajstić information content (AvgIpc) is 3.07. The van der Waals surface area contributed by atoms with Gasteiger partial charge in [-0.05, 0) is 5.56 Å². The first-order chi connectivity index (χ1) is 12.5. The normalized spacial score (nSPS) is 28.0. The fraction of sp³-hybridized carbons (Fsp3) is 0.500. The van der Waals surface area contributed by atoms with E-state index in [1.54, 1.807) is 4.90 Å². The van der Waals surface area contributed by atoms with E-state index in [0.717, 1.165) is 5.56 Å². The zero-order chi connectivity index (χ0) is 18.3. The fourth-order valence-corrected chi connectivity index (χ4v) is 3.91. The average molecular weight is 359 g/mol. The molecular formula is C18H21N3O5. The van der Waals surface area contributed by atoms with Gasteiger partial charge < -0.3 is 24.5 Å². The summed E-state index contributed by atoms with van der Waals surface area (Å²) in [5.41, 5.74) is 0.886. The van der Waals surface area contributed by atoms with Crippen LogP contribution in [0.3, 0.4) is 0 Å². The van der Waals surface area contributed by atoms with Gasteiger partial charge in [-0.2, -0.15) is 0 Å². The van der Waals surface area contributed by atoms with Crippen molar-refractivity contribution in [2.75, 3.05) is 26.2 Å². The van der Waals surface area contributed by atoms with Gasteiger partial charge in [-0.25, -0.2) is 4.79 Å². The second kappa shape index (κ2) is 6.60. The Morgan fingerprint density at radius 2 is 1.77 bits per heavy atom. The molecule has 0 saturated carbocycles. The first-order valence-corrected chi connectivity index (χ1v) is 8.79. The van der Waals surface area contributed by atoms with Crippen molar-refractivity contribution < 1.29 is 24.2 Å². The van der Waals surface area contributed by atoms with Crippen LogP contribution in [-0.4, -0.2) is 82.1 Å². The molecule has 1 N–H and O–H groups in total. The quantitative estimate of drug-likeness (QED) is 0.791. The monoisotopic (exact) mass is 359 g/mol. The zero-order valence-corrected chi connectivity index (χ0v) is 14.3. The standard InChI is InChI=1S/C18H21N3O5/c22-13-8-14-16(23)20-7-6-19(10-15(20)17(24)21(14)9-13)18(25)26-11-12-4-2-1-3-5-12/h1-5,13-15,22H,6-11H2/t13-,14+,15-/m1/s1. The number of ether oxygens (including phenoxy) is 1. The van der Waals surface area contributed by atoms with Gasteiger partial charge in [-0.1, -0.05) is 30.3 Å². The number of rotatable bonds is 2. The van der Waals surface area contributed by atoms with Crippen LogP contribution in [0.15, 0.2) is 30.3 Å². The summed E-state index contributed by atoms with van der Waals surface area (Å²) in [5, 5.41) is 9.80. The summed E-state index contributed by atoms with van der Waals surface area (Å²) in [4.78, 5) is 42.1. The van der Waals surface area contributed by atoms with Crippen LogP contribution in [0.25, 0.3) is 0 Å². The molecule has 138 valence electrons. The van der Waals surface area contributed by atoms with Crippen LogP contribution in [-0.2, 0) is 20.9 Å². The molecule has 3 heterocycles. The van der Waals surface area contributed by atoms with Gasteiger partial charge in [0.05, 0.1) is 12.6 Å². The van der Waals surface area contributed by atoms with E-state index in [0.29, 0.717) is 13.1 Å². The van der Waals surface area contributed by atoms with Crippen LogP contribution in [0.2, 0.25) is 0 Å². The van der Waals surface area contributed by atoms with Crippen LogP contribution < -0.4 is 0 Å². The summed E-state index contributed by atoms with van der Waals surface area (Å²) in [6.07, 6.45) is -0.866. The SMILES string of the molecule is O=C(OCc1ccccc1)N1CCN2C(=O)[C@@H]3C[C@@H](O)CN3C(=O)[C@H]2C1. The summed E-state index contributed by atoms with van der Waals surface area (Å²) in [5.74, 6) is -0.338. The number of carbonyl (C=O) groups excluding carboxylic acids is 3. The Labute approximate surface area is 150 Å². The Hall–Kier alpha value is -2.61. The van der Waals surface area contributed by atoms with Crippen molar-refractivity contribution in [3.8, 4) is 0 Å².